The lowest BCUT2D eigenvalue weighted by molar-refractivity contribution is -0.134. The van der Waals surface area contributed by atoms with Crippen molar-refractivity contribution in [3.8, 4) is 0 Å². The van der Waals surface area contributed by atoms with Gasteiger partial charge in [0.05, 0.1) is 19.1 Å². The first kappa shape index (κ1) is 20.4. The molecule has 3 heterocycles. The lowest BCUT2D eigenvalue weighted by Crippen LogP contribution is -2.47. The zero-order valence-corrected chi connectivity index (χ0v) is 16.7. The van der Waals surface area contributed by atoms with Crippen LogP contribution in [0.4, 0.5) is 5.69 Å². The zero-order chi connectivity index (χ0) is 18.1. The van der Waals surface area contributed by atoms with E-state index in [0.717, 1.165) is 30.6 Å². The molecule has 3 aliphatic heterocycles. The molecule has 27 heavy (non-hydrogen) atoms. The maximum atomic E-state index is 12.5. The fourth-order valence-electron chi connectivity index (χ4n) is 4.30. The van der Waals surface area contributed by atoms with Crippen LogP contribution in [-0.2, 0) is 14.3 Å². The number of anilines is 1. The third kappa shape index (κ3) is 4.40. The van der Waals surface area contributed by atoms with E-state index in [9.17, 15) is 9.59 Å². The van der Waals surface area contributed by atoms with E-state index in [1.165, 1.54) is 0 Å². The first-order chi connectivity index (χ1) is 12.6. The molecule has 0 bridgehead atoms. The highest BCUT2D eigenvalue weighted by atomic mass is 35.5. The quantitative estimate of drug-likeness (QED) is 0.797. The van der Waals surface area contributed by atoms with E-state index >= 15 is 0 Å². The van der Waals surface area contributed by atoms with E-state index in [4.69, 9.17) is 16.3 Å². The van der Waals surface area contributed by atoms with E-state index in [1.807, 2.05) is 23.1 Å². The Bertz CT molecular complexity index is 701. The summed E-state index contributed by atoms with van der Waals surface area (Å²) in [4.78, 5) is 26.9. The Morgan fingerprint density at radius 2 is 2.07 bits per heavy atom. The molecule has 0 radical (unpaired) electrons. The molecule has 1 aromatic carbocycles. The molecule has 0 spiro atoms. The molecule has 2 unspecified atom stereocenters. The van der Waals surface area contributed by atoms with Gasteiger partial charge in [-0.15, -0.1) is 12.4 Å². The SMILES string of the molecule is Cl.O=C1Nc2cc(Cl)ccc2C1C1CCN(C(=O)CC2COCCN2)CC1. The number of fused-ring (bicyclic) bond motifs is 1. The normalized spacial score (nSPS) is 25.5. The number of amides is 2. The summed E-state index contributed by atoms with van der Waals surface area (Å²) < 4.78 is 5.42. The molecule has 1 aromatic rings. The van der Waals surface area contributed by atoms with Crippen LogP contribution in [0.15, 0.2) is 18.2 Å². The second-order valence-corrected chi connectivity index (χ2v) is 7.78. The standard InChI is InChI=1S/C19H24ClN3O3.ClH/c20-13-1-2-15-16(9-13)22-19(25)18(15)12-3-6-23(7-4-12)17(24)10-14-11-26-8-5-21-14;/h1-2,9,12,14,18,21H,3-8,10-11H2,(H,22,25);1H. The summed E-state index contributed by atoms with van der Waals surface area (Å²) in [6, 6.07) is 5.72. The van der Waals surface area contributed by atoms with Crippen molar-refractivity contribution in [3.63, 3.8) is 0 Å². The Morgan fingerprint density at radius 1 is 1.30 bits per heavy atom. The van der Waals surface area contributed by atoms with Crippen LogP contribution in [0, 0.1) is 5.92 Å². The van der Waals surface area contributed by atoms with Crippen LogP contribution >= 0.6 is 24.0 Å². The number of nitrogens with zero attached hydrogens (tertiary/aromatic N) is 1. The molecule has 6 nitrogen and oxygen atoms in total. The van der Waals surface area contributed by atoms with Crippen molar-refractivity contribution in [2.45, 2.75) is 31.2 Å². The van der Waals surface area contributed by atoms with Crippen molar-refractivity contribution >= 4 is 41.5 Å². The van der Waals surface area contributed by atoms with Gasteiger partial charge in [-0.2, -0.15) is 0 Å². The second-order valence-electron chi connectivity index (χ2n) is 7.35. The average molecular weight is 414 g/mol. The maximum Gasteiger partial charge on any atom is 0.232 e. The molecule has 0 aromatic heterocycles. The van der Waals surface area contributed by atoms with Crippen LogP contribution in [-0.4, -0.2) is 55.6 Å². The molecular formula is C19H25Cl2N3O3. The summed E-state index contributed by atoms with van der Waals surface area (Å²) in [6.07, 6.45) is 2.18. The number of hydrogen-bond donors (Lipinski definition) is 2. The van der Waals surface area contributed by atoms with Crippen LogP contribution in [0.5, 0.6) is 0 Å². The minimum atomic E-state index is -0.132. The van der Waals surface area contributed by atoms with Crippen LogP contribution in [0.1, 0.15) is 30.7 Å². The molecule has 8 heteroatoms. The van der Waals surface area contributed by atoms with E-state index in [0.29, 0.717) is 37.7 Å². The van der Waals surface area contributed by atoms with Crippen molar-refractivity contribution in [1.82, 2.24) is 10.2 Å². The molecule has 2 saturated heterocycles. The molecule has 148 valence electrons. The van der Waals surface area contributed by atoms with Gasteiger partial charge in [0.25, 0.3) is 0 Å². The number of likely N-dealkylation sites (tertiary alicyclic amines) is 1. The van der Waals surface area contributed by atoms with Crippen LogP contribution in [0.25, 0.3) is 0 Å². The first-order valence-corrected chi connectivity index (χ1v) is 9.69. The molecular weight excluding hydrogens is 389 g/mol. The Hall–Kier alpha value is -1.34. The molecule has 3 aliphatic rings. The largest absolute Gasteiger partial charge is 0.378 e. The molecule has 0 saturated carbocycles. The number of hydrogen-bond acceptors (Lipinski definition) is 4. The molecule has 2 N–H and O–H groups in total. The zero-order valence-electron chi connectivity index (χ0n) is 15.1. The smallest absolute Gasteiger partial charge is 0.232 e. The number of nitrogens with one attached hydrogen (secondary N) is 2. The molecule has 4 rings (SSSR count). The van der Waals surface area contributed by atoms with Crippen molar-refractivity contribution in [3.05, 3.63) is 28.8 Å². The number of carbonyl (C=O) groups is 2. The van der Waals surface area contributed by atoms with Crippen molar-refractivity contribution in [2.24, 2.45) is 5.92 Å². The summed E-state index contributed by atoms with van der Waals surface area (Å²) in [5, 5.41) is 6.91. The van der Waals surface area contributed by atoms with Gasteiger partial charge < -0.3 is 20.3 Å². The van der Waals surface area contributed by atoms with Gasteiger partial charge in [-0.05, 0) is 36.5 Å². The predicted octanol–water partition coefficient (Wildman–Crippen LogP) is 2.41. The lowest BCUT2D eigenvalue weighted by atomic mass is 9.80. The van der Waals surface area contributed by atoms with Gasteiger partial charge in [0.15, 0.2) is 0 Å². The molecule has 2 amide bonds. The number of benzene rings is 1. The third-order valence-electron chi connectivity index (χ3n) is 5.67. The highest BCUT2D eigenvalue weighted by Gasteiger charge is 2.39. The van der Waals surface area contributed by atoms with Crippen molar-refractivity contribution in [1.29, 1.82) is 0 Å². The van der Waals surface area contributed by atoms with Crippen LogP contribution in [0.2, 0.25) is 5.02 Å². The average Bonchev–Trinajstić information content (AvgIpc) is 2.97. The Morgan fingerprint density at radius 3 is 2.78 bits per heavy atom. The maximum absolute atomic E-state index is 12.5. The fraction of sp³-hybridized carbons (Fsp3) is 0.579. The second kappa shape index (κ2) is 8.78. The van der Waals surface area contributed by atoms with Gasteiger partial charge in [-0.3, -0.25) is 9.59 Å². The Kier molecular flexibility index (Phi) is 6.63. The predicted molar refractivity (Wildman–Crippen MR) is 107 cm³/mol. The van der Waals surface area contributed by atoms with Gasteiger partial charge in [-0.1, -0.05) is 17.7 Å². The van der Waals surface area contributed by atoms with E-state index < -0.39 is 0 Å². The number of halogens is 2. The summed E-state index contributed by atoms with van der Waals surface area (Å²) >= 11 is 6.03. The minimum Gasteiger partial charge on any atom is -0.378 e. The molecule has 0 aliphatic carbocycles. The Balaban J connectivity index is 0.00000210. The summed E-state index contributed by atoms with van der Waals surface area (Å²) in [6.45, 7) is 3.55. The summed E-state index contributed by atoms with van der Waals surface area (Å²) in [7, 11) is 0. The highest BCUT2D eigenvalue weighted by molar-refractivity contribution is 6.31. The van der Waals surface area contributed by atoms with E-state index in [2.05, 4.69) is 10.6 Å². The van der Waals surface area contributed by atoms with Gasteiger partial charge in [0, 0.05) is 42.8 Å². The summed E-state index contributed by atoms with van der Waals surface area (Å²) in [5.74, 6) is 0.357. The monoisotopic (exact) mass is 413 g/mol. The van der Waals surface area contributed by atoms with Gasteiger partial charge in [-0.25, -0.2) is 0 Å². The molecule has 2 atom stereocenters. The van der Waals surface area contributed by atoms with Crippen LogP contribution in [0.3, 0.4) is 0 Å². The van der Waals surface area contributed by atoms with Crippen LogP contribution < -0.4 is 10.6 Å². The topological polar surface area (TPSA) is 70.7 Å². The highest BCUT2D eigenvalue weighted by Crippen LogP contribution is 2.42. The van der Waals surface area contributed by atoms with Gasteiger partial charge in [0.1, 0.15) is 0 Å². The van der Waals surface area contributed by atoms with Crippen molar-refractivity contribution in [2.75, 3.05) is 38.2 Å². The van der Waals surface area contributed by atoms with E-state index in [1.54, 1.807) is 0 Å². The van der Waals surface area contributed by atoms with E-state index in [-0.39, 0.29) is 42.1 Å². The number of ether oxygens (including phenoxy) is 1. The number of morpholine rings is 1. The minimum absolute atomic E-state index is 0. The van der Waals surface area contributed by atoms with Gasteiger partial charge in [0.2, 0.25) is 11.8 Å². The number of rotatable bonds is 3. The number of carbonyl (C=O) groups excluding carboxylic acids is 2. The Labute approximate surface area is 170 Å². The lowest BCUT2D eigenvalue weighted by Gasteiger charge is -2.35. The number of piperidine rings is 1. The van der Waals surface area contributed by atoms with Crippen molar-refractivity contribution < 1.29 is 14.3 Å². The fourth-order valence-corrected chi connectivity index (χ4v) is 4.47. The molecule has 2 fully saturated rings. The third-order valence-corrected chi connectivity index (χ3v) is 5.91. The summed E-state index contributed by atoms with van der Waals surface area (Å²) in [5.41, 5.74) is 1.86. The first-order valence-electron chi connectivity index (χ1n) is 9.31. The van der Waals surface area contributed by atoms with Gasteiger partial charge >= 0.3 is 0 Å².